The highest BCUT2D eigenvalue weighted by molar-refractivity contribution is 7.99. The van der Waals surface area contributed by atoms with Crippen molar-refractivity contribution in [1.82, 2.24) is 10.3 Å². The molecule has 0 aliphatic rings. The van der Waals surface area contributed by atoms with Crippen molar-refractivity contribution in [2.45, 2.75) is 11.1 Å². The van der Waals surface area contributed by atoms with Crippen LogP contribution in [0.2, 0.25) is 0 Å². The highest BCUT2D eigenvalue weighted by Crippen LogP contribution is 2.23. The number of likely N-dealkylation sites (N-methyl/N-ethyl adjacent to an activating group) is 1. The Bertz CT molecular complexity index is 506. The number of thioether (sulfide) groups is 1. The summed E-state index contributed by atoms with van der Waals surface area (Å²) < 4.78 is 4.73. The molecule has 0 aliphatic heterocycles. The van der Waals surface area contributed by atoms with E-state index in [2.05, 4.69) is 22.4 Å². The second-order valence-electron chi connectivity index (χ2n) is 3.90. The Labute approximate surface area is 110 Å². The second-order valence-corrected chi connectivity index (χ2v) is 4.96. The average Bonchev–Trinajstić information content (AvgIpc) is 2.81. The van der Waals surface area contributed by atoms with Gasteiger partial charge < -0.3 is 15.0 Å². The second kappa shape index (κ2) is 5.93. The van der Waals surface area contributed by atoms with Gasteiger partial charge in [0.25, 0.3) is 0 Å². The first kappa shape index (κ1) is 13.0. The van der Waals surface area contributed by atoms with Crippen molar-refractivity contribution in [3.8, 4) is 0 Å². The van der Waals surface area contributed by atoms with Gasteiger partial charge in [0, 0.05) is 16.7 Å². The maximum atomic E-state index is 11.4. The molecule has 2 aromatic rings. The summed E-state index contributed by atoms with van der Waals surface area (Å²) >= 11 is 1.60. The molecule has 1 aromatic heterocycles. The van der Waals surface area contributed by atoms with E-state index in [0.717, 1.165) is 10.5 Å². The van der Waals surface area contributed by atoms with Crippen LogP contribution in [0.1, 0.15) is 0 Å². The zero-order valence-electron chi connectivity index (χ0n) is 10.4. The summed E-state index contributed by atoms with van der Waals surface area (Å²) in [6.45, 7) is 0. The van der Waals surface area contributed by atoms with Crippen LogP contribution in [0.15, 0.2) is 35.4 Å². The van der Waals surface area contributed by atoms with Gasteiger partial charge in [0.1, 0.15) is 6.04 Å². The zero-order chi connectivity index (χ0) is 13.0. The minimum absolute atomic E-state index is 0.235. The molecule has 4 nitrogen and oxygen atoms in total. The van der Waals surface area contributed by atoms with Crippen molar-refractivity contribution in [2.24, 2.45) is 0 Å². The molecule has 2 N–H and O–H groups in total. The van der Waals surface area contributed by atoms with E-state index in [9.17, 15) is 4.79 Å². The zero-order valence-corrected chi connectivity index (χ0v) is 11.2. The molecule has 0 bridgehead atoms. The SMILES string of the molecule is CNC(CSc1cc2ccccc2[nH]1)C(=O)OC. The number of ether oxygens (including phenoxy) is 1. The normalized spacial score (nSPS) is 12.6. The lowest BCUT2D eigenvalue weighted by Crippen LogP contribution is -2.37. The van der Waals surface area contributed by atoms with E-state index >= 15 is 0 Å². The van der Waals surface area contributed by atoms with Gasteiger partial charge in [-0.25, -0.2) is 0 Å². The van der Waals surface area contributed by atoms with Crippen molar-refractivity contribution < 1.29 is 9.53 Å². The summed E-state index contributed by atoms with van der Waals surface area (Å²) in [6.07, 6.45) is 0. The van der Waals surface area contributed by atoms with E-state index < -0.39 is 0 Å². The fourth-order valence-electron chi connectivity index (χ4n) is 1.71. The van der Waals surface area contributed by atoms with E-state index in [0.29, 0.717) is 5.75 Å². The van der Waals surface area contributed by atoms with Gasteiger partial charge in [-0.2, -0.15) is 0 Å². The highest BCUT2D eigenvalue weighted by Gasteiger charge is 2.17. The van der Waals surface area contributed by atoms with Crippen molar-refractivity contribution in [1.29, 1.82) is 0 Å². The summed E-state index contributed by atoms with van der Waals surface area (Å²) in [7, 11) is 3.16. The van der Waals surface area contributed by atoms with Crippen molar-refractivity contribution in [3.05, 3.63) is 30.3 Å². The number of rotatable bonds is 5. The lowest BCUT2D eigenvalue weighted by atomic mass is 10.3. The number of para-hydroxylation sites is 1. The van der Waals surface area contributed by atoms with Gasteiger partial charge in [-0.1, -0.05) is 18.2 Å². The molecule has 0 aliphatic carbocycles. The predicted octanol–water partition coefficient (Wildman–Crippen LogP) is 2.02. The third kappa shape index (κ3) is 2.86. The lowest BCUT2D eigenvalue weighted by molar-refractivity contribution is -0.142. The Morgan fingerprint density at radius 2 is 2.28 bits per heavy atom. The molecule has 1 heterocycles. The van der Waals surface area contributed by atoms with Gasteiger partial charge in [-0.15, -0.1) is 11.8 Å². The van der Waals surface area contributed by atoms with Crippen LogP contribution in [0.25, 0.3) is 10.9 Å². The number of aromatic nitrogens is 1. The number of H-pyrrole nitrogens is 1. The van der Waals surface area contributed by atoms with Gasteiger partial charge in [-0.05, 0) is 19.2 Å². The molecule has 5 heteroatoms. The van der Waals surface area contributed by atoms with E-state index in [1.165, 1.54) is 12.5 Å². The van der Waals surface area contributed by atoms with Crippen LogP contribution in [0, 0.1) is 0 Å². The number of fused-ring (bicyclic) bond motifs is 1. The van der Waals surface area contributed by atoms with Crippen molar-refractivity contribution >= 4 is 28.6 Å². The van der Waals surface area contributed by atoms with Gasteiger partial charge in [0.15, 0.2) is 0 Å². The van der Waals surface area contributed by atoms with Gasteiger partial charge >= 0.3 is 5.97 Å². The average molecular weight is 264 g/mol. The molecule has 0 fully saturated rings. The van der Waals surface area contributed by atoms with Crippen LogP contribution < -0.4 is 5.32 Å². The Morgan fingerprint density at radius 1 is 1.50 bits per heavy atom. The molecule has 0 saturated heterocycles. The molecular weight excluding hydrogens is 248 g/mol. The molecule has 2 rings (SSSR count). The lowest BCUT2D eigenvalue weighted by Gasteiger charge is -2.12. The number of benzene rings is 1. The first-order valence-electron chi connectivity index (χ1n) is 5.70. The molecule has 0 radical (unpaired) electrons. The molecule has 1 atom stereocenters. The van der Waals surface area contributed by atoms with Crippen LogP contribution in [0.5, 0.6) is 0 Å². The van der Waals surface area contributed by atoms with E-state index in [1.807, 2.05) is 18.2 Å². The van der Waals surface area contributed by atoms with Gasteiger partial charge in [-0.3, -0.25) is 4.79 Å². The number of carbonyl (C=O) groups is 1. The summed E-state index contributed by atoms with van der Waals surface area (Å²) in [5, 5.41) is 5.18. The summed E-state index contributed by atoms with van der Waals surface area (Å²) in [5.74, 6) is 0.400. The Hall–Kier alpha value is -1.46. The quantitative estimate of drug-likeness (QED) is 0.641. The maximum absolute atomic E-state index is 11.4. The van der Waals surface area contributed by atoms with E-state index in [1.54, 1.807) is 18.8 Å². The Morgan fingerprint density at radius 3 is 2.94 bits per heavy atom. The Balaban J connectivity index is 2.03. The van der Waals surface area contributed by atoms with Crippen molar-refractivity contribution in [2.75, 3.05) is 19.9 Å². The first-order valence-corrected chi connectivity index (χ1v) is 6.69. The fraction of sp³-hybridized carbons (Fsp3) is 0.308. The van der Waals surface area contributed by atoms with Crippen LogP contribution in [-0.2, 0) is 9.53 Å². The molecule has 1 aromatic carbocycles. The number of carbonyl (C=O) groups excluding carboxylic acids is 1. The number of hydrogen-bond donors (Lipinski definition) is 2. The van der Waals surface area contributed by atoms with E-state index in [4.69, 9.17) is 4.74 Å². The van der Waals surface area contributed by atoms with Crippen molar-refractivity contribution in [3.63, 3.8) is 0 Å². The number of aromatic amines is 1. The summed E-state index contributed by atoms with van der Waals surface area (Å²) in [6, 6.07) is 9.91. The number of methoxy groups -OCH3 is 1. The largest absolute Gasteiger partial charge is 0.468 e. The number of esters is 1. The third-order valence-corrected chi connectivity index (χ3v) is 3.78. The highest BCUT2D eigenvalue weighted by atomic mass is 32.2. The predicted molar refractivity (Wildman–Crippen MR) is 73.9 cm³/mol. The maximum Gasteiger partial charge on any atom is 0.323 e. The van der Waals surface area contributed by atoms with Crippen LogP contribution >= 0.6 is 11.8 Å². The monoisotopic (exact) mass is 264 g/mol. The number of hydrogen-bond acceptors (Lipinski definition) is 4. The van der Waals surface area contributed by atoms with Crippen LogP contribution in [-0.4, -0.2) is 36.9 Å². The molecule has 0 spiro atoms. The standard InChI is InChI=1S/C13H16N2O2S/c1-14-11(13(16)17-2)8-18-12-7-9-5-3-4-6-10(9)15-12/h3-7,11,14-15H,8H2,1-2H3. The first-order chi connectivity index (χ1) is 8.74. The Kier molecular flexibility index (Phi) is 4.28. The van der Waals surface area contributed by atoms with Crippen LogP contribution in [0.4, 0.5) is 0 Å². The molecular formula is C13H16N2O2S. The third-order valence-electron chi connectivity index (χ3n) is 2.74. The fourth-order valence-corrected chi connectivity index (χ4v) is 2.75. The molecule has 0 amide bonds. The van der Waals surface area contributed by atoms with Crippen LogP contribution in [0.3, 0.4) is 0 Å². The summed E-state index contributed by atoms with van der Waals surface area (Å²) in [5.41, 5.74) is 1.11. The number of nitrogens with one attached hydrogen (secondary N) is 2. The minimum Gasteiger partial charge on any atom is -0.468 e. The molecule has 1 unspecified atom stereocenters. The topological polar surface area (TPSA) is 54.1 Å². The van der Waals surface area contributed by atoms with Gasteiger partial charge in [0.05, 0.1) is 12.1 Å². The molecule has 18 heavy (non-hydrogen) atoms. The minimum atomic E-state index is -0.286. The van der Waals surface area contributed by atoms with E-state index in [-0.39, 0.29) is 12.0 Å². The molecule has 96 valence electrons. The molecule has 0 saturated carbocycles. The van der Waals surface area contributed by atoms with Gasteiger partial charge in [0.2, 0.25) is 0 Å². The smallest absolute Gasteiger partial charge is 0.323 e. The summed E-state index contributed by atoms with van der Waals surface area (Å²) in [4.78, 5) is 14.7.